The van der Waals surface area contributed by atoms with Gasteiger partial charge in [0.05, 0.1) is 11.9 Å². The molecule has 0 spiro atoms. The van der Waals surface area contributed by atoms with Crippen LogP contribution in [0.2, 0.25) is 0 Å². The van der Waals surface area contributed by atoms with E-state index in [0.29, 0.717) is 43.2 Å². The Morgan fingerprint density at radius 2 is 1.81 bits per heavy atom. The molecule has 4 aromatic rings. The Labute approximate surface area is 246 Å². The number of carbonyl (C=O) groups is 2. The van der Waals surface area contributed by atoms with Crippen molar-refractivity contribution in [1.29, 1.82) is 0 Å². The second-order valence-electron chi connectivity index (χ2n) is 10.6. The Bertz CT molecular complexity index is 1610. The van der Waals surface area contributed by atoms with Crippen LogP contribution in [0.3, 0.4) is 0 Å². The van der Waals surface area contributed by atoms with E-state index in [-0.39, 0.29) is 23.7 Å². The molecule has 2 saturated heterocycles. The summed E-state index contributed by atoms with van der Waals surface area (Å²) < 4.78 is 31.3. The molecule has 4 heterocycles. The lowest BCUT2D eigenvalue weighted by Crippen LogP contribution is -2.54. The predicted molar refractivity (Wildman–Crippen MR) is 157 cm³/mol. The van der Waals surface area contributed by atoms with Crippen molar-refractivity contribution in [1.82, 2.24) is 34.8 Å². The monoisotopic (exact) mass is 590 g/mol. The topological polar surface area (TPSA) is 116 Å². The first-order valence-electron chi connectivity index (χ1n) is 14.2. The molecule has 3 amide bonds. The van der Waals surface area contributed by atoms with Crippen molar-refractivity contribution in [2.45, 2.75) is 26.0 Å². The molecule has 2 fully saturated rings. The molecule has 0 saturated carbocycles. The lowest BCUT2D eigenvalue weighted by Gasteiger charge is -2.35. The summed E-state index contributed by atoms with van der Waals surface area (Å²) in [6.07, 6.45) is 6.03. The number of benzene rings is 2. The average Bonchev–Trinajstić information content (AvgIpc) is 3.68. The number of fused-ring (bicyclic) bond motifs is 1. The molecule has 2 aliphatic rings. The summed E-state index contributed by atoms with van der Waals surface area (Å²) in [5, 5.41) is 9.61. The minimum Gasteiger partial charge on any atom is -0.435 e. The smallest absolute Gasteiger partial charge is 0.387 e. The summed E-state index contributed by atoms with van der Waals surface area (Å²) in [6.45, 7) is 2.65. The molecule has 6 rings (SSSR count). The van der Waals surface area contributed by atoms with Gasteiger partial charge in [-0.2, -0.15) is 8.78 Å². The van der Waals surface area contributed by atoms with Gasteiger partial charge < -0.3 is 30.5 Å². The van der Waals surface area contributed by atoms with Crippen LogP contribution >= 0.6 is 0 Å². The third kappa shape index (κ3) is 6.21. The minimum absolute atomic E-state index is 0.0628. The maximum absolute atomic E-state index is 13.3. The maximum atomic E-state index is 13.3. The van der Waals surface area contributed by atoms with Crippen molar-refractivity contribution in [2.75, 3.05) is 44.6 Å². The standard InChI is InChI=1S/C30H32F2N8O3/c1-19-16-21(4-7-24(19)28(41)38-12-14-39(15-13-38)30(42)37-22-8-9-33-17-22)36-26-27-35-18-25(40(27)11-10-34-26)20-2-5-23(6-3-20)43-29(31)32/h2-7,10-11,16,18,22,29,33H,8-9,12-15,17H2,1H3,(H,34,36)(H,37,42)/t22-/m1/s1. The summed E-state index contributed by atoms with van der Waals surface area (Å²) in [6, 6.07) is 12.0. The number of amides is 3. The molecule has 13 heteroatoms. The number of rotatable bonds is 7. The van der Waals surface area contributed by atoms with Crippen molar-refractivity contribution in [3.8, 4) is 17.0 Å². The van der Waals surface area contributed by atoms with Crippen LogP contribution in [0.4, 0.5) is 25.1 Å². The maximum Gasteiger partial charge on any atom is 0.387 e. The number of aryl methyl sites for hydroxylation is 1. The number of piperazine rings is 1. The Hall–Kier alpha value is -4.78. The van der Waals surface area contributed by atoms with E-state index in [1.807, 2.05) is 23.5 Å². The molecule has 2 aliphatic heterocycles. The van der Waals surface area contributed by atoms with Gasteiger partial charge in [0, 0.05) is 68.0 Å². The molecular formula is C30H32F2N8O3. The molecule has 2 aromatic heterocycles. The van der Waals surface area contributed by atoms with E-state index in [9.17, 15) is 18.4 Å². The average molecular weight is 591 g/mol. The van der Waals surface area contributed by atoms with Gasteiger partial charge >= 0.3 is 12.6 Å². The molecule has 0 unspecified atom stereocenters. The van der Waals surface area contributed by atoms with E-state index in [2.05, 4.69) is 30.7 Å². The van der Waals surface area contributed by atoms with Crippen molar-refractivity contribution < 1.29 is 23.1 Å². The predicted octanol–water partition coefficient (Wildman–Crippen LogP) is 3.88. The number of hydrogen-bond donors (Lipinski definition) is 3. The quantitative estimate of drug-likeness (QED) is 0.299. The summed E-state index contributed by atoms with van der Waals surface area (Å²) in [4.78, 5) is 38.5. The van der Waals surface area contributed by atoms with Crippen molar-refractivity contribution in [2.24, 2.45) is 0 Å². The van der Waals surface area contributed by atoms with E-state index in [1.165, 1.54) is 12.1 Å². The molecule has 224 valence electrons. The second-order valence-corrected chi connectivity index (χ2v) is 10.6. The highest BCUT2D eigenvalue weighted by atomic mass is 19.3. The summed E-state index contributed by atoms with van der Waals surface area (Å²) >= 11 is 0. The van der Waals surface area contributed by atoms with Gasteiger partial charge in [0.25, 0.3) is 5.91 Å². The largest absolute Gasteiger partial charge is 0.435 e. The fourth-order valence-corrected chi connectivity index (χ4v) is 5.47. The van der Waals surface area contributed by atoms with Crippen LogP contribution < -0.4 is 20.7 Å². The third-order valence-corrected chi connectivity index (χ3v) is 7.76. The Morgan fingerprint density at radius 1 is 1.05 bits per heavy atom. The third-order valence-electron chi connectivity index (χ3n) is 7.76. The number of aromatic nitrogens is 3. The fourth-order valence-electron chi connectivity index (χ4n) is 5.47. The van der Waals surface area contributed by atoms with Crippen LogP contribution in [0.25, 0.3) is 16.9 Å². The zero-order valence-corrected chi connectivity index (χ0v) is 23.6. The van der Waals surface area contributed by atoms with Crippen molar-refractivity contribution in [3.63, 3.8) is 0 Å². The van der Waals surface area contributed by atoms with Gasteiger partial charge in [-0.15, -0.1) is 0 Å². The number of nitrogens with zero attached hydrogens (tertiary/aromatic N) is 5. The second kappa shape index (κ2) is 12.2. The lowest BCUT2D eigenvalue weighted by molar-refractivity contribution is -0.0498. The van der Waals surface area contributed by atoms with Crippen LogP contribution in [-0.2, 0) is 0 Å². The Kier molecular flexibility index (Phi) is 8.05. The van der Waals surface area contributed by atoms with Crippen molar-refractivity contribution in [3.05, 3.63) is 72.2 Å². The molecule has 3 N–H and O–H groups in total. The highest BCUT2D eigenvalue weighted by molar-refractivity contribution is 5.96. The molecule has 2 aromatic carbocycles. The highest BCUT2D eigenvalue weighted by Gasteiger charge is 2.27. The number of imidazole rings is 1. The number of anilines is 2. The minimum atomic E-state index is -2.88. The number of carbonyl (C=O) groups excluding carboxylic acids is 2. The van der Waals surface area contributed by atoms with Gasteiger partial charge in [-0.3, -0.25) is 9.20 Å². The van der Waals surface area contributed by atoms with Gasteiger partial charge in [-0.05, 0) is 67.9 Å². The first-order chi connectivity index (χ1) is 20.9. The van der Waals surface area contributed by atoms with E-state index in [1.54, 1.807) is 46.6 Å². The van der Waals surface area contributed by atoms with Gasteiger partial charge in [-0.1, -0.05) is 0 Å². The number of halogens is 2. The Balaban J connectivity index is 1.11. The number of hydrogen-bond acceptors (Lipinski definition) is 7. The summed E-state index contributed by atoms with van der Waals surface area (Å²) in [7, 11) is 0. The van der Waals surface area contributed by atoms with Gasteiger partial charge in [0.2, 0.25) is 0 Å². The normalized spacial score (nSPS) is 17.0. The SMILES string of the molecule is Cc1cc(Nc2nccn3c(-c4ccc(OC(F)F)cc4)cnc23)ccc1C(=O)N1CCN(C(=O)N[C@@H]2CCNC2)CC1. The molecule has 1 atom stereocenters. The number of urea groups is 1. The molecule has 43 heavy (non-hydrogen) atoms. The van der Waals surface area contributed by atoms with E-state index < -0.39 is 6.61 Å². The zero-order chi connectivity index (χ0) is 29.9. The number of alkyl halides is 2. The van der Waals surface area contributed by atoms with Crippen molar-refractivity contribution >= 4 is 29.1 Å². The first kappa shape index (κ1) is 28.3. The summed E-state index contributed by atoms with van der Waals surface area (Å²) in [5.41, 5.74) is 4.27. The number of nitrogens with one attached hydrogen (secondary N) is 3. The zero-order valence-electron chi connectivity index (χ0n) is 23.6. The first-order valence-corrected chi connectivity index (χ1v) is 14.2. The van der Waals surface area contributed by atoms with E-state index in [4.69, 9.17) is 0 Å². The fraction of sp³-hybridized carbons (Fsp3) is 0.333. The van der Waals surface area contributed by atoms with E-state index in [0.717, 1.165) is 42.0 Å². The Morgan fingerprint density at radius 3 is 2.51 bits per heavy atom. The van der Waals surface area contributed by atoms with Gasteiger partial charge in [-0.25, -0.2) is 14.8 Å². The van der Waals surface area contributed by atoms with Gasteiger partial charge in [0.15, 0.2) is 11.5 Å². The van der Waals surface area contributed by atoms with Gasteiger partial charge in [0.1, 0.15) is 5.75 Å². The van der Waals surface area contributed by atoms with Crippen LogP contribution in [0.1, 0.15) is 22.3 Å². The highest BCUT2D eigenvalue weighted by Crippen LogP contribution is 2.28. The summed E-state index contributed by atoms with van der Waals surface area (Å²) in [5.74, 6) is 0.538. The van der Waals surface area contributed by atoms with Crippen LogP contribution in [0.15, 0.2) is 61.1 Å². The lowest BCUT2D eigenvalue weighted by atomic mass is 10.1. The molecule has 11 nitrogen and oxygen atoms in total. The molecular weight excluding hydrogens is 558 g/mol. The molecule has 0 radical (unpaired) electrons. The van der Waals surface area contributed by atoms with Crippen LogP contribution in [0.5, 0.6) is 5.75 Å². The van der Waals surface area contributed by atoms with Crippen LogP contribution in [0, 0.1) is 6.92 Å². The van der Waals surface area contributed by atoms with E-state index >= 15 is 0 Å². The van der Waals surface area contributed by atoms with Crippen LogP contribution in [-0.4, -0.2) is 88.0 Å². The molecule has 0 aliphatic carbocycles. The molecule has 0 bridgehead atoms. The number of ether oxygens (including phenoxy) is 1.